The second kappa shape index (κ2) is 5.53. The summed E-state index contributed by atoms with van der Waals surface area (Å²) in [6.45, 7) is 2.44. The number of nitrogens with one attached hydrogen (secondary N) is 1. The van der Waals surface area contributed by atoms with Gasteiger partial charge < -0.3 is 15.8 Å². The predicted molar refractivity (Wildman–Crippen MR) is 86.3 cm³/mol. The van der Waals surface area contributed by atoms with Crippen molar-refractivity contribution in [3.63, 3.8) is 0 Å². The molecule has 2 fully saturated rings. The van der Waals surface area contributed by atoms with Crippen molar-refractivity contribution in [1.29, 1.82) is 0 Å². The van der Waals surface area contributed by atoms with Crippen LogP contribution in [-0.2, 0) is 34.1 Å². The van der Waals surface area contributed by atoms with Crippen LogP contribution >= 0.6 is 0 Å². The first kappa shape index (κ1) is 16.0. The minimum Gasteiger partial charge on any atom is -0.380 e. The molecule has 1 unspecified atom stereocenters. The summed E-state index contributed by atoms with van der Waals surface area (Å²) in [5.74, 6) is -0.552. The highest BCUT2D eigenvalue weighted by molar-refractivity contribution is 7.93. The maximum absolute atomic E-state index is 13.0. The van der Waals surface area contributed by atoms with Crippen molar-refractivity contribution in [2.75, 3.05) is 19.8 Å². The lowest BCUT2D eigenvalue weighted by Crippen LogP contribution is -2.38. The maximum Gasteiger partial charge on any atom is 0.269 e. The first-order chi connectivity index (χ1) is 11.4. The van der Waals surface area contributed by atoms with Crippen LogP contribution in [-0.4, -0.2) is 53.9 Å². The number of nitrogens with two attached hydrogens (primary N) is 1. The molecule has 1 aromatic rings. The van der Waals surface area contributed by atoms with Crippen LogP contribution in [0.5, 0.6) is 0 Å². The Balaban J connectivity index is 1.67. The fraction of sp³-hybridized carbons (Fsp3) is 0.733. The molecular formula is C15H22N4O4S. The van der Waals surface area contributed by atoms with E-state index in [1.54, 1.807) is 4.68 Å². The number of fused-ring (bicyclic) bond motifs is 1. The van der Waals surface area contributed by atoms with E-state index in [1.807, 2.05) is 0 Å². The van der Waals surface area contributed by atoms with Crippen LogP contribution in [0.15, 0.2) is 0 Å². The zero-order valence-corrected chi connectivity index (χ0v) is 14.3. The molecule has 1 aromatic heterocycles. The van der Waals surface area contributed by atoms with E-state index in [0.29, 0.717) is 45.4 Å². The predicted octanol–water partition coefficient (Wildman–Crippen LogP) is -0.636. The van der Waals surface area contributed by atoms with Gasteiger partial charge in [0.05, 0.1) is 28.8 Å². The van der Waals surface area contributed by atoms with E-state index in [4.69, 9.17) is 10.5 Å². The minimum atomic E-state index is -3.29. The molecule has 3 N–H and O–H groups in total. The van der Waals surface area contributed by atoms with Crippen LogP contribution in [0.4, 0.5) is 0 Å². The van der Waals surface area contributed by atoms with Crippen molar-refractivity contribution in [2.45, 2.75) is 48.8 Å². The highest BCUT2D eigenvalue weighted by Gasteiger charge is 2.58. The quantitative estimate of drug-likeness (QED) is 0.727. The van der Waals surface area contributed by atoms with Gasteiger partial charge in [0.1, 0.15) is 0 Å². The number of rotatable bonds is 5. The fourth-order valence-electron chi connectivity index (χ4n) is 3.80. The molecule has 1 amide bonds. The Kier molecular flexibility index (Phi) is 3.70. The smallest absolute Gasteiger partial charge is 0.269 e. The standard InChI is InChI=1S/C15H22N4O4S/c16-14(20)13-11-1-5-17-7-12(11)19(18-13)9-15(3-4-15)24(21,22)10-2-6-23-8-10/h10,17H,1-9H2,(H2,16,20). The van der Waals surface area contributed by atoms with Gasteiger partial charge in [-0.2, -0.15) is 5.10 Å². The van der Waals surface area contributed by atoms with Crippen molar-refractivity contribution in [3.05, 3.63) is 17.0 Å². The number of nitrogens with zero attached hydrogens (tertiary/aromatic N) is 2. The number of sulfone groups is 1. The van der Waals surface area contributed by atoms with Gasteiger partial charge >= 0.3 is 0 Å². The number of aromatic nitrogens is 2. The van der Waals surface area contributed by atoms with Gasteiger partial charge in [-0.15, -0.1) is 0 Å². The van der Waals surface area contributed by atoms with Crippen molar-refractivity contribution < 1.29 is 17.9 Å². The van der Waals surface area contributed by atoms with E-state index in [1.165, 1.54) is 0 Å². The lowest BCUT2D eigenvalue weighted by Gasteiger charge is -2.22. The van der Waals surface area contributed by atoms with Crippen LogP contribution in [0, 0.1) is 0 Å². The summed E-state index contributed by atoms with van der Waals surface area (Å²) in [6, 6.07) is 0. The second-order valence-electron chi connectivity index (χ2n) is 6.94. The van der Waals surface area contributed by atoms with Gasteiger partial charge in [-0.05, 0) is 32.2 Å². The summed E-state index contributed by atoms with van der Waals surface area (Å²) in [5, 5.41) is 7.20. The van der Waals surface area contributed by atoms with Crippen LogP contribution < -0.4 is 11.1 Å². The lowest BCUT2D eigenvalue weighted by molar-refractivity contribution is 0.0994. The number of hydrogen-bond acceptors (Lipinski definition) is 6. The first-order valence-corrected chi connectivity index (χ1v) is 9.89. The molecule has 3 aliphatic rings. The van der Waals surface area contributed by atoms with Crippen molar-refractivity contribution in [2.24, 2.45) is 5.73 Å². The molecule has 1 atom stereocenters. The fourth-order valence-corrected chi connectivity index (χ4v) is 6.16. The van der Waals surface area contributed by atoms with E-state index in [0.717, 1.165) is 17.8 Å². The third-order valence-electron chi connectivity index (χ3n) is 5.42. The normalized spacial score (nSPS) is 25.4. The van der Waals surface area contributed by atoms with Gasteiger partial charge in [-0.1, -0.05) is 0 Å². The number of amides is 1. The zero-order chi connectivity index (χ0) is 16.9. The molecule has 4 rings (SSSR count). The summed E-state index contributed by atoms with van der Waals surface area (Å²) in [4.78, 5) is 11.7. The van der Waals surface area contributed by atoms with Crippen LogP contribution in [0.1, 0.15) is 41.0 Å². The molecule has 132 valence electrons. The average molecular weight is 354 g/mol. The number of hydrogen-bond donors (Lipinski definition) is 2. The Hall–Kier alpha value is -1.45. The van der Waals surface area contributed by atoms with Crippen molar-refractivity contribution in [1.82, 2.24) is 15.1 Å². The molecule has 1 saturated heterocycles. The van der Waals surface area contributed by atoms with Gasteiger partial charge in [0.25, 0.3) is 5.91 Å². The Bertz CT molecular complexity index is 776. The van der Waals surface area contributed by atoms with Gasteiger partial charge in [0.15, 0.2) is 15.5 Å². The summed E-state index contributed by atoms with van der Waals surface area (Å²) >= 11 is 0. The SMILES string of the molecule is NC(=O)c1nn(CC2(S(=O)(=O)C3CCOC3)CC2)c2c1CCNC2. The summed E-state index contributed by atoms with van der Waals surface area (Å²) in [5.41, 5.74) is 7.48. The number of primary amides is 1. The third kappa shape index (κ3) is 2.37. The molecule has 0 radical (unpaired) electrons. The molecule has 0 spiro atoms. The topological polar surface area (TPSA) is 116 Å². The van der Waals surface area contributed by atoms with Crippen LogP contribution in [0.3, 0.4) is 0 Å². The van der Waals surface area contributed by atoms with Crippen LogP contribution in [0.2, 0.25) is 0 Å². The Labute approximate surface area is 140 Å². The highest BCUT2D eigenvalue weighted by atomic mass is 32.2. The Morgan fingerprint density at radius 3 is 2.88 bits per heavy atom. The molecule has 8 nitrogen and oxygen atoms in total. The summed E-state index contributed by atoms with van der Waals surface area (Å²) < 4.78 is 32.2. The number of ether oxygens (including phenoxy) is 1. The zero-order valence-electron chi connectivity index (χ0n) is 13.5. The van der Waals surface area contributed by atoms with E-state index < -0.39 is 25.7 Å². The molecule has 1 saturated carbocycles. The summed E-state index contributed by atoms with van der Waals surface area (Å²) in [6.07, 6.45) is 2.53. The van der Waals surface area contributed by atoms with Gasteiger partial charge in [0, 0.05) is 18.7 Å². The Morgan fingerprint density at radius 2 is 2.25 bits per heavy atom. The molecule has 3 heterocycles. The van der Waals surface area contributed by atoms with E-state index in [-0.39, 0.29) is 12.3 Å². The largest absolute Gasteiger partial charge is 0.380 e. The molecule has 0 bridgehead atoms. The monoisotopic (exact) mass is 354 g/mol. The molecule has 24 heavy (non-hydrogen) atoms. The minimum absolute atomic E-state index is 0.281. The van der Waals surface area contributed by atoms with E-state index in [9.17, 15) is 13.2 Å². The molecular weight excluding hydrogens is 332 g/mol. The third-order valence-corrected chi connectivity index (χ3v) is 8.41. The number of carbonyl (C=O) groups is 1. The second-order valence-corrected chi connectivity index (χ2v) is 9.56. The first-order valence-electron chi connectivity index (χ1n) is 8.35. The molecule has 0 aromatic carbocycles. The van der Waals surface area contributed by atoms with Crippen LogP contribution in [0.25, 0.3) is 0 Å². The highest BCUT2D eigenvalue weighted by Crippen LogP contribution is 2.48. The molecule has 1 aliphatic carbocycles. The Morgan fingerprint density at radius 1 is 1.46 bits per heavy atom. The molecule has 9 heteroatoms. The lowest BCUT2D eigenvalue weighted by atomic mass is 10.1. The summed E-state index contributed by atoms with van der Waals surface area (Å²) in [7, 11) is -3.29. The average Bonchev–Trinajstić information content (AvgIpc) is 2.99. The van der Waals surface area contributed by atoms with E-state index in [2.05, 4.69) is 10.4 Å². The molecule has 2 aliphatic heterocycles. The van der Waals surface area contributed by atoms with E-state index >= 15 is 0 Å². The maximum atomic E-state index is 13.0. The van der Waals surface area contributed by atoms with Gasteiger partial charge in [-0.3, -0.25) is 9.48 Å². The number of carbonyl (C=O) groups excluding carboxylic acids is 1. The van der Waals surface area contributed by atoms with Gasteiger partial charge in [0.2, 0.25) is 0 Å². The van der Waals surface area contributed by atoms with Crippen molar-refractivity contribution >= 4 is 15.7 Å². The van der Waals surface area contributed by atoms with Crippen molar-refractivity contribution in [3.8, 4) is 0 Å². The van der Waals surface area contributed by atoms with Gasteiger partial charge in [-0.25, -0.2) is 8.42 Å².